The quantitative estimate of drug-likeness (QED) is 0.138. The lowest BCUT2D eigenvalue weighted by Gasteiger charge is -2.26. The van der Waals surface area contributed by atoms with Crippen molar-refractivity contribution in [2.45, 2.75) is 0 Å². The van der Waals surface area contributed by atoms with E-state index in [0.29, 0.717) is 0 Å². The molecule has 12 aromatic rings. The third-order valence-electron chi connectivity index (χ3n) is 13.0. The van der Waals surface area contributed by atoms with Gasteiger partial charge in [0.2, 0.25) is 0 Å². The van der Waals surface area contributed by atoms with Crippen molar-refractivity contribution in [2.24, 2.45) is 0 Å². The van der Waals surface area contributed by atoms with E-state index in [1.54, 1.807) is 0 Å². The summed E-state index contributed by atoms with van der Waals surface area (Å²) < 4.78 is 0. The van der Waals surface area contributed by atoms with Crippen LogP contribution in [0.25, 0.3) is 98.7 Å². The third-order valence-corrected chi connectivity index (χ3v) is 13.0. The Hall–Kier alpha value is -8.52. The Balaban J connectivity index is 1.01. The molecule has 0 aliphatic rings. The summed E-state index contributed by atoms with van der Waals surface area (Å²) in [6.07, 6.45) is 0. The Morgan fingerprint density at radius 1 is 0.200 bits per heavy atom. The molecule has 0 saturated heterocycles. The summed E-state index contributed by atoms with van der Waals surface area (Å²) in [5.41, 5.74) is 15.4. The van der Waals surface area contributed by atoms with E-state index in [4.69, 9.17) is 0 Å². The molecule has 0 aliphatic heterocycles. The summed E-state index contributed by atoms with van der Waals surface area (Å²) in [6.45, 7) is 0. The zero-order valence-corrected chi connectivity index (χ0v) is 35.8. The molecule has 0 amide bonds. The van der Waals surface area contributed by atoms with E-state index < -0.39 is 0 Å². The predicted octanol–water partition coefficient (Wildman–Crippen LogP) is 18.1. The molecule has 0 atom stereocenters. The highest BCUT2D eigenvalue weighted by Crippen LogP contribution is 2.46. The highest BCUT2D eigenvalue weighted by molar-refractivity contribution is 6.22. The van der Waals surface area contributed by atoms with Crippen LogP contribution in [0.3, 0.4) is 0 Å². The average Bonchev–Trinajstić information content (AvgIpc) is 3.39. The second-order valence-corrected chi connectivity index (χ2v) is 16.8. The molecule has 0 fully saturated rings. The van der Waals surface area contributed by atoms with Crippen LogP contribution in [-0.2, 0) is 0 Å². The summed E-state index contributed by atoms with van der Waals surface area (Å²) in [4.78, 5) is 2.39. The molecule has 0 unspecified atom stereocenters. The number of hydrogen-bond donors (Lipinski definition) is 0. The average molecular weight is 826 g/mol. The molecule has 0 saturated carbocycles. The van der Waals surface area contributed by atoms with Gasteiger partial charge in [0.25, 0.3) is 0 Å². The van der Waals surface area contributed by atoms with E-state index >= 15 is 0 Å². The fourth-order valence-electron chi connectivity index (χ4n) is 9.99. The first kappa shape index (κ1) is 38.2. The number of nitrogens with zero attached hydrogens (tertiary/aromatic N) is 1. The zero-order chi connectivity index (χ0) is 43.1. The number of hydrogen-bond acceptors (Lipinski definition) is 1. The van der Waals surface area contributed by atoms with Gasteiger partial charge in [0, 0.05) is 17.1 Å². The molecule has 304 valence electrons. The molecule has 12 rings (SSSR count). The van der Waals surface area contributed by atoms with Gasteiger partial charge in [0.05, 0.1) is 0 Å². The fourth-order valence-corrected chi connectivity index (χ4v) is 9.99. The number of rotatable bonds is 8. The second kappa shape index (κ2) is 16.3. The fraction of sp³-hybridized carbons (Fsp3) is 0. The molecule has 0 heterocycles. The Morgan fingerprint density at radius 3 is 1.17 bits per heavy atom. The van der Waals surface area contributed by atoms with Crippen molar-refractivity contribution in [1.29, 1.82) is 0 Å². The number of benzene rings is 12. The summed E-state index contributed by atoms with van der Waals surface area (Å²) in [5.74, 6) is 0. The van der Waals surface area contributed by atoms with E-state index in [-0.39, 0.29) is 0 Å². The van der Waals surface area contributed by atoms with Gasteiger partial charge in [0.1, 0.15) is 0 Å². The van der Waals surface area contributed by atoms with Crippen molar-refractivity contribution in [1.82, 2.24) is 0 Å². The molecular formula is C64H43N. The van der Waals surface area contributed by atoms with Crippen molar-refractivity contribution in [3.8, 4) is 55.6 Å². The zero-order valence-electron chi connectivity index (χ0n) is 35.8. The Labute approximate surface area is 379 Å². The van der Waals surface area contributed by atoms with Gasteiger partial charge in [-0.1, -0.05) is 218 Å². The van der Waals surface area contributed by atoms with E-state index in [9.17, 15) is 0 Å². The van der Waals surface area contributed by atoms with Crippen LogP contribution >= 0.6 is 0 Å². The molecule has 1 nitrogen and oxygen atoms in total. The van der Waals surface area contributed by atoms with Gasteiger partial charge in [0.15, 0.2) is 0 Å². The molecule has 0 aromatic heterocycles. The van der Waals surface area contributed by atoms with Gasteiger partial charge < -0.3 is 4.90 Å². The summed E-state index contributed by atoms with van der Waals surface area (Å²) in [6, 6.07) is 95.2. The van der Waals surface area contributed by atoms with Crippen LogP contribution in [0.1, 0.15) is 0 Å². The minimum absolute atomic E-state index is 1.09. The molecule has 0 bridgehead atoms. The van der Waals surface area contributed by atoms with Crippen LogP contribution in [0.5, 0.6) is 0 Å². The van der Waals surface area contributed by atoms with E-state index in [2.05, 4.69) is 266 Å². The largest absolute Gasteiger partial charge is 0.310 e. The highest BCUT2D eigenvalue weighted by atomic mass is 15.1. The third kappa shape index (κ3) is 6.92. The van der Waals surface area contributed by atoms with Gasteiger partial charge >= 0.3 is 0 Å². The first-order valence-corrected chi connectivity index (χ1v) is 22.4. The van der Waals surface area contributed by atoms with Crippen molar-refractivity contribution in [3.05, 3.63) is 261 Å². The molecule has 0 N–H and O–H groups in total. The van der Waals surface area contributed by atoms with Crippen molar-refractivity contribution in [3.63, 3.8) is 0 Å². The lowest BCUT2D eigenvalue weighted by molar-refractivity contribution is 1.28. The molecule has 65 heavy (non-hydrogen) atoms. The summed E-state index contributed by atoms with van der Waals surface area (Å²) in [7, 11) is 0. The lowest BCUT2D eigenvalue weighted by atomic mass is 9.84. The maximum atomic E-state index is 2.41. The monoisotopic (exact) mass is 825 g/mol. The van der Waals surface area contributed by atoms with Crippen LogP contribution in [-0.4, -0.2) is 0 Å². The SMILES string of the molecule is c1ccc(-c2c(-c3ccccc3)c3cc(-c4cccc(N(c5ccc(-c6cccc7ccccc67)cc5)c5ccc(-c6cccc7ccccc67)cc5)c4)ccc3c3ccccc23)cc1. The number of fused-ring (bicyclic) bond motifs is 5. The Morgan fingerprint density at radius 2 is 0.600 bits per heavy atom. The molecule has 0 aliphatic carbocycles. The van der Waals surface area contributed by atoms with Crippen molar-refractivity contribution in [2.75, 3.05) is 4.90 Å². The van der Waals surface area contributed by atoms with Gasteiger partial charge in [-0.2, -0.15) is 0 Å². The van der Waals surface area contributed by atoms with E-state index in [1.807, 2.05) is 0 Å². The smallest absolute Gasteiger partial charge is 0.0467 e. The molecule has 1 heteroatoms. The second-order valence-electron chi connectivity index (χ2n) is 16.8. The topological polar surface area (TPSA) is 3.24 Å². The van der Waals surface area contributed by atoms with Gasteiger partial charge in [-0.3, -0.25) is 0 Å². The minimum Gasteiger partial charge on any atom is -0.310 e. The van der Waals surface area contributed by atoms with Crippen LogP contribution in [0, 0.1) is 0 Å². The lowest BCUT2D eigenvalue weighted by Crippen LogP contribution is -2.10. The maximum Gasteiger partial charge on any atom is 0.0467 e. The summed E-state index contributed by atoms with van der Waals surface area (Å²) in [5, 5.41) is 10.00. The number of anilines is 3. The standard InChI is InChI=1S/C64H43N/c1-3-18-48(19-4-1)63-61-29-12-11-28-59(61)60-41-36-51(43-62(60)64(63)49-20-5-2-6-21-49)50-24-13-25-54(42-50)65(52-37-32-46(33-38-52)57-30-14-22-44-16-7-9-26-55(44)57)53-39-34-47(35-40-53)58-31-15-23-45-17-8-10-27-56(45)58/h1-43H. The summed E-state index contributed by atoms with van der Waals surface area (Å²) >= 11 is 0. The van der Waals surface area contributed by atoms with Crippen LogP contribution in [0.15, 0.2) is 261 Å². The van der Waals surface area contributed by atoms with Crippen molar-refractivity contribution < 1.29 is 0 Å². The first-order valence-electron chi connectivity index (χ1n) is 22.4. The maximum absolute atomic E-state index is 2.41. The first-order chi connectivity index (χ1) is 32.2. The van der Waals surface area contributed by atoms with Crippen LogP contribution in [0.2, 0.25) is 0 Å². The minimum atomic E-state index is 1.09. The Kier molecular flexibility index (Phi) is 9.58. The molecular weight excluding hydrogens is 783 g/mol. The Bertz CT molecular complexity index is 3550. The van der Waals surface area contributed by atoms with Gasteiger partial charge in [-0.05, 0) is 141 Å². The highest BCUT2D eigenvalue weighted by Gasteiger charge is 2.20. The van der Waals surface area contributed by atoms with Crippen LogP contribution in [0.4, 0.5) is 17.1 Å². The molecule has 0 radical (unpaired) electrons. The van der Waals surface area contributed by atoms with Gasteiger partial charge in [-0.15, -0.1) is 0 Å². The molecule has 0 spiro atoms. The predicted molar refractivity (Wildman–Crippen MR) is 278 cm³/mol. The normalized spacial score (nSPS) is 11.4. The van der Waals surface area contributed by atoms with E-state index in [1.165, 1.54) is 93.2 Å². The molecule has 12 aromatic carbocycles. The van der Waals surface area contributed by atoms with Crippen LogP contribution < -0.4 is 4.90 Å². The van der Waals surface area contributed by atoms with Gasteiger partial charge in [-0.25, -0.2) is 0 Å². The van der Waals surface area contributed by atoms with Crippen molar-refractivity contribution >= 4 is 60.2 Å². The van der Waals surface area contributed by atoms with E-state index in [0.717, 1.165) is 22.6 Å².